The van der Waals surface area contributed by atoms with E-state index in [4.69, 9.17) is 14.2 Å². The molecule has 0 atom stereocenters. The first-order valence-electron chi connectivity index (χ1n) is 27.4. The largest absolute Gasteiger partial charge is 0.466 e. The normalized spacial score (nSPS) is 11.5. The number of rotatable bonds is 49. The summed E-state index contributed by atoms with van der Waals surface area (Å²) in [5.41, 5.74) is 0.863. The summed E-state index contributed by atoms with van der Waals surface area (Å²) in [6, 6.07) is 7.41. The molecule has 0 amide bonds. The molecule has 65 heavy (non-hydrogen) atoms. The van der Waals surface area contributed by atoms with E-state index in [-0.39, 0.29) is 30.2 Å². The van der Waals surface area contributed by atoms with Crippen molar-refractivity contribution in [2.75, 3.05) is 45.4 Å². The third kappa shape index (κ3) is 42.2. The van der Waals surface area contributed by atoms with Gasteiger partial charge in [-0.2, -0.15) is 0 Å². The van der Waals surface area contributed by atoms with Crippen LogP contribution in [0.2, 0.25) is 0 Å². The topological polar surface area (TPSA) is 82.1 Å². The van der Waals surface area contributed by atoms with Crippen molar-refractivity contribution in [3.05, 3.63) is 29.8 Å². The first kappa shape index (κ1) is 61.3. The highest BCUT2D eigenvalue weighted by molar-refractivity contribution is 8.76. The Morgan fingerprint density at radius 2 is 0.862 bits per heavy atom. The van der Waals surface area contributed by atoms with E-state index in [9.17, 15) is 14.4 Å². The summed E-state index contributed by atoms with van der Waals surface area (Å²) in [6.45, 7) is 6.41. The van der Waals surface area contributed by atoms with Gasteiger partial charge in [0.25, 0.3) is 0 Å². The van der Waals surface area contributed by atoms with Gasteiger partial charge in [0.2, 0.25) is 0 Å². The van der Waals surface area contributed by atoms with E-state index in [0.717, 1.165) is 81.4 Å². The Balaban J connectivity index is 2.32. The van der Waals surface area contributed by atoms with Gasteiger partial charge in [0, 0.05) is 17.9 Å². The number of esters is 3. The molecule has 0 heterocycles. The Bertz CT molecular complexity index is 1180. The maximum Gasteiger partial charge on any atom is 0.314 e. The summed E-state index contributed by atoms with van der Waals surface area (Å²) < 4.78 is 16.8. The summed E-state index contributed by atoms with van der Waals surface area (Å²) in [7, 11) is 7.72. The molecule has 0 spiro atoms. The molecule has 7 nitrogen and oxygen atoms in total. The molecular weight excluding hydrogens is 847 g/mol. The standard InChI is InChI=1S/C56H101NO6S2/c1-5-7-9-11-13-15-17-19-21-23-25-27-29-31-38-52(39-32-30-28-26-24-22-20-18-16-14-12-10-8-6-2)56(60)63-53-43-41-51(42-44-53)50-55(59)62-47-34-36-49-65-64-48-35-33-46-61-54(58)40-37-45-57(3)4/h41-44,52H,5-40,45-50H2,1-4H3. The SMILES string of the molecule is CCCCCCCCCCCCCCCCC(CCCCCCCCCCCCCCCC)C(=O)Oc1ccc(CC(=O)OCCCCSSCCCCOC(=O)CCCN(C)C)cc1. The molecule has 0 N–H and O–H groups in total. The zero-order chi connectivity index (χ0) is 47.1. The van der Waals surface area contributed by atoms with Crippen LogP contribution >= 0.6 is 21.6 Å². The fourth-order valence-electron chi connectivity index (χ4n) is 8.27. The van der Waals surface area contributed by atoms with Gasteiger partial charge in [-0.3, -0.25) is 14.4 Å². The average molecular weight is 949 g/mol. The molecular formula is C56H101NO6S2. The molecule has 1 aromatic rings. The van der Waals surface area contributed by atoms with Gasteiger partial charge in [0.15, 0.2) is 0 Å². The summed E-state index contributed by atoms with van der Waals surface area (Å²) in [5.74, 6) is 2.15. The van der Waals surface area contributed by atoms with Crippen molar-refractivity contribution < 1.29 is 28.6 Å². The smallest absolute Gasteiger partial charge is 0.314 e. The third-order valence-corrected chi connectivity index (χ3v) is 15.1. The molecule has 1 rings (SSSR count). The number of nitrogens with zero attached hydrogens (tertiary/aromatic N) is 1. The third-order valence-electron chi connectivity index (χ3n) is 12.5. The molecule has 0 aliphatic carbocycles. The molecule has 0 aromatic heterocycles. The Morgan fingerprint density at radius 3 is 1.26 bits per heavy atom. The highest BCUT2D eigenvalue weighted by Gasteiger charge is 2.20. The highest BCUT2D eigenvalue weighted by atomic mass is 33.1. The van der Waals surface area contributed by atoms with E-state index in [1.54, 1.807) is 0 Å². The van der Waals surface area contributed by atoms with Crippen LogP contribution in [0, 0.1) is 5.92 Å². The lowest BCUT2D eigenvalue weighted by atomic mass is 9.94. The molecule has 378 valence electrons. The van der Waals surface area contributed by atoms with Crippen molar-refractivity contribution >= 4 is 39.5 Å². The van der Waals surface area contributed by atoms with Crippen molar-refractivity contribution in [1.82, 2.24) is 4.90 Å². The number of hydrogen-bond acceptors (Lipinski definition) is 9. The van der Waals surface area contributed by atoms with Gasteiger partial charge in [-0.25, -0.2) is 0 Å². The van der Waals surface area contributed by atoms with Crippen molar-refractivity contribution in [1.29, 1.82) is 0 Å². The number of benzene rings is 1. The van der Waals surface area contributed by atoms with Gasteiger partial charge in [-0.1, -0.05) is 227 Å². The molecule has 0 bridgehead atoms. The number of unbranched alkanes of at least 4 members (excludes halogenated alkanes) is 28. The summed E-state index contributed by atoms with van der Waals surface area (Å²) in [6.07, 6.45) is 44.6. The Labute approximate surface area is 409 Å². The van der Waals surface area contributed by atoms with Crippen LogP contribution in [0.25, 0.3) is 0 Å². The fraction of sp³-hybridized carbons (Fsp3) is 0.839. The minimum atomic E-state index is -0.225. The van der Waals surface area contributed by atoms with Crippen molar-refractivity contribution in [3.63, 3.8) is 0 Å². The van der Waals surface area contributed by atoms with Gasteiger partial charge >= 0.3 is 17.9 Å². The quantitative estimate of drug-likeness (QED) is 0.0274. The second kappa shape index (κ2) is 47.4. The van der Waals surface area contributed by atoms with E-state index < -0.39 is 0 Å². The average Bonchev–Trinajstić information content (AvgIpc) is 3.29. The fourth-order valence-corrected chi connectivity index (χ4v) is 10.6. The Kier molecular flexibility index (Phi) is 44.7. The molecule has 0 unspecified atom stereocenters. The molecule has 9 heteroatoms. The summed E-state index contributed by atoms with van der Waals surface area (Å²) >= 11 is 0. The van der Waals surface area contributed by atoms with Crippen molar-refractivity contribution in [2.24, 2.45) is 5.92 Å². The minimum absolute atomic E-state index is 0.0533. The molecule has 0 radical (unpaired) electrons. The lowest BCUT2D eigenvalue weighted by Gasteiger charge is -2.16. The lowest BCUT2D eigenvalue weighted by Crippen LogP contribution is -2.21. The van der Waals surface area contributed by atoms with Gasteiger partial charge in [-0.15, -0.1) is 0 Å². The van der Waals surface area contributed by atoms with E-state index in [0.29, 0.717) is 25.4 Å². The molecule has 0 saturated carbocycles. The van der Waals surface area contributed by atoms with Gasteiger partial charge in [-0.05, 0) is 83.3 Å². The first-order valence-corrected chi connectivity index (χ1v) is 29.9. The van der Waals surface area contributed by atoms with Gasteiger partial charge < -0.3 is 19.1 Å². The van der Waals surface area contributed by atoms with Gasteiger partial charge in [0.05, 0.1) is 25.6 Å². The van der Waals surface area contributed by atoms with Crippen LogP contribution in [0.4, 0.5) is 0 Å². The van der Waals surface area contributed by atoms with Crippen LogP contribution in [0.1, 0.15) is 251 Å². The second-order valence-corrected chi connectivity index (χ2v) is 21.8. The number of hydrogen-bond donors (Lipinski definition) is 0. The Morgan fingerprint density at radius 1 is 0.477 bits per heavy atom. The predicted molar refractivity (Wildman–Crippen MR) is 282 cm³/mol. The predicted octanol–water partition coefficient (Wildman–Crippen LogP) is 16.9. The monoisotopic (exact) mass is 948 g/mol. The zero-order valence-corrected chi connectivity index (χ0v) is 44.4. The number of carbonyl (C=O) groups excluding carboxylic acids is 3. The number of carbonyl (C=O) groups is 3. The maximum atomic E-state index is 13.5. The molecule has 0 aliphatic heterocycles. The van der Waals surface area contributed by atoms with Crippen molar-refractivity contribution in [3.8, 4) is 5.75 Å². The van der Waals surface area contributed by atoms with E-state index in [1.165, 1.54) is 167 Å². The van der Waals surface area contributed by atoms with Crippen LogP contribution in [-0.2, 0) is 30.3 Å². The molecule has 0 aliphatic rings. The van der Waals surface area contributed by atoms with E-state index in [2.05, 4.69) is 18.7 Å². The van der Waals surface area contributed by atoms with Gasteiger partial charge in [0.1, 0.15) is 5.75 Å². The second-order valence-electron chi connectivity index (χ2n) is 19.1. The van der Waals surface area contributed by atoms with Crippen LogP contribution in [0.15, 0.2) is 24.3 Å². The lowest BCUT2D eigenvalue weighted by molar-refractivity contribution is -0.144. The number of ether oxygens (including phenoxy) is 3. The Hall–Kier alpha value is -1.71. The maximum absolute atomic E-state index is 13.5. The van der Waals surface area contributed by atoms with E-state index in [1.807, 2.05) is 59.9 Å². The molecule has 1 aromatic carbocycles. The van der Waals surface area contributed by atoms with Crippen LogP contribution in [0.5, 0.6) is 5.75 Å². The molecule has 0 fully saturated rings. The van der Waals surface area contributed by atoms with Crippen LogP contribution < -0.4 is 4.74 Å². The summed E-state index contributed by atoms with van der Waals surface area (Å²) in [4.78, 5) is 39.9. The van der Waals surface area contributed by atoms with Crippen molar-refractivity contribution in [2.45, 2.75) is 251 Å². The highest BCUT2D eigenvalue weighted by Crippen LogP contribution is 2.25. The zero-order valence-electron chi connectivity index (χ0n) is 42.8. The first-order chi connectivity index (χ1) is 31.8. The van der Waals surface area contributed by atoms with E-state index >= 15 is 0 Å². The van der Waals surface area contributed by atoms with Crippen LogP contribution in [0.3, 0.4) is 0 Å². The minimum Gasteiger partial charge on any atom is -0.466 e. The summed E-state index contributed by atoms with van der Waals surface area (Å²) in [5, 5.41) is 0. The van der Waals surface area contributed by atoms with Crippen LogP contribution in [-0.4, -0.2) is 68.2 Å². The molecule has 0 saturated heterocycles.